The molecule has 0 aliphatic heterocycles. The Kier molecular flexibility index (Phi) is 16.9. The van der Waals surface area contributed by atoms with Crippen LogP contribution in [0.25, 0.3) is 10.4 Å². The van der Waals surface area contributed by atoms with E-state index in [1.165, 1.54) is 12.1 Å². The standard InChI is InChI=1S/C30H48N8O8/c1-29(2,3)45-27(42)32-16-11-14-23(35-28(43)46-30(4,5)6)26(41)34-22(15-17-33-37-31)18-24(39)36-38(7)19-25(40)44-20-21-12-9-8-10-13-21/h8-10,12-13,22-23H,11,14-20H2,1-7H3,(H,32,42)(H,34,41)(H,35,43)(H,36,39)/t22-,23-/m0/s1. The molecule has 0 saturated heterocycles. The number of carbonyl (C=O) groups is 5. The van der Waals surface area contributed by atoms with Gasteiger partial charge in [-0.2, -0.15) is 0 Å². The highest BCUT2D eigenvalue weighted by Gasteiger charge is 2.27. The van der Waals surface area contributed by atoms with Gasteiger partial charge in [0, 0.05) is 37.5 Å². The molecule has 46 heavy (non-hydrogen) atoms. The molecule has 0 fully saturated rings. The van der Waals surface area contributed by atoms with Crippen molar-refractivity contribution in [2.75, 3.05) is 26.7 Å². The second-order valence-electron chi connectivity index (χ2n) is 12.5. The number of nitrogens with one attached hydrogen (secondary N) is 4. The number of rotatable bonds is 17. The molecule has 4 N–H and O–H groups in total. The zero-order valence-corrected chi connectivity index (χ0v) is 27.8. The fourth-order valence-electron chi connectivity index (χ4n) is 3.81. The summed E-state index contributed by atoms with van der Waals surface area (Å²) in [4.78, 5) is 65.6. The summed E-state index contributed by atoms with van der Waals surface area (Å²) < 4.78 is 15.7. The van der Waals surface area contributed by atoms with Crippen LogP contribution in [0.2, 0.25) is 0 Å². The monoisotopic (exact) mass is 648 g/mol. The molecule has 16 nitrogen and oxygen atoms in total. The Balaban J connectivity index is 2.82. The molecule has 0 radical (unpaired) electrons. The molecule has 0 spiro atoms. The first-order valence-corrected chi connectivity index (χ1v) is 14.9. The lowest BCUT2D eigenvalue weighted by Gasteiger charge is -2.26. The van der Waals surface area contributed by atoms with Crippen LogP contribution >= 0.6 is 0 Å². The van der Waals surface area contributed by atoms with E-state index < -0.39 is 53.3 Å². The van der Waals surface area contributed by atoms with E-state index in [-0.39, 0.29) is 45.5 Å². The zero-order chi connectivity index (χ0) is 34.8. The molecule has 4 amide bonds. The molecule has 0 aliphatic carbocycles. The lowest BCUT2D eigenvalue weighted by molar-refractivity contribution is -0.147. The van der Waals surface area contributed by atoms with Crippen molar-refractivity contribution in [1.82, 2.24) is 26.4 Å². The predicted molar refractivity (Wildman–Crippen MR) is 169 cm³/mol. The Hall–Kier alpha value is -4.56. The largest absolute Gasteiger partial charge is 0.460 e. The minimum absolute atomic E-state index is 0.0135. The first-order chi connectivity index (χ1) is 21.5. The molecular formula is C30H48N8O8. The Morgan fingerprint density at radius 1 is 0.935 bits per heavy atom. The molecule has 0 heterocycles. The van der Waals surface area contributed by atoms with Crippen LogP contribution in [-0.4, -0.2) is 84.9 Å². The van der Waals surface area contributed by atoms with E-state index in [1.807, 2.05) is 30.3 Å². The van der Waals surface area contributed by atoms with Crippen LogP contribution in [0.15, 0.2) is 35.4 Å². The summed E-state index contributed by atoms with van der Waals surface area (Å²) in [5.41, 5.74) is 10.6. The molecular weight excluding hydrogens is 600 g/mol. The van der Waals surface area contributed by atoms with E-state index in [0.29, 0.717) is 6.42 Å². The third-order valence-corrected chi connectivity index (χ3v) is 5.69. The summed E-state index contributed by atoms with van der Waals surface area (Å²) in [7, 11) is 1.49. The second kappa shape index (κ2) is 19.7. The van der Waals surface area contributed by atoms with Gasteiger partial charge in [-0.3, -0.25) is 19.8 Å². The number of azide groups is 1. The smallest absolute Gasteiger partial charge is 0.408 e. The zero-order valence-electron chi connectivity index (χ0n) is 27.8. The third kappa shape index (κ3) is 19.7. The van der Waals surface area contributed by atoms with Crippen molar-refractivity contribution >= 4 is 30.0 Å². The van der Waals surface area contributed by atoms with E-state index in [0.717, 1.165) is 5.56 Å². The highest BCUT2D eigenvalue weighted by Crippen LogP contribution is 2.10. The number of nitrogens with zero attached hydrogens (tertiary/aromatic N) is 4. The average Bonchev–Trinajstić information content (AvgIpc) is 2.92. The minimum atomic E-state index is -1.08. The van der Waals surface area contributed by atoms with E-state index in [4.69, 9.17) is 19.7 Å². The van der Waals surface area contributed by atoms with Crippen molar-refractivity contribution in [2.24, 2.45) is 5.11 Å². The van der Waals surface area contributed by atoms with Crippen LogP contribution in [0.3, 0.4) is 0 Å². The van der Waals surface area contributed by atoms with Gasteiger partial charge in [0.1, 0.15) is 30.4 Å². The first-order valence-electron chi connectivity index (χ1n) is 14.9. The normalized spacial score (nSPS) is 12.5. The van der Waals surface area contributed by atoms with E-state index in [1.54, 1.807) is 41.5 Å². The van der Waals surface area contributed by atoms with Crippen LogP contribution in [0.4, 0.5) is 9.59 Å². The van der Waals surface area contributed by atoms with Gasteiger partial charge in [-0.05, 0) is 71.9 Å². The Bertz CT molecular complexity index is 1190. The Morgan fingerprint density at radius 2 is 1.57 bits per heavy atom. The second-order valence-corrected chi connectivity index (χ2v) is 12.5. The molecule has 0 unspecified atom stereocenters. The quantitative estimate of drug-likeness (QED) is 0.0370. The van der Waals surface area contributed by atoms with Gasteiger partial charge in [-0.25, -0.2) is 14.6 Å². The molecule has 1 aromatic carbocycles. The summed E-state index contributed by atoms with van der Waals surface area (Å²) in [5, 5.41) is 12.6. The Morgan fingerprint density at radius 3 is 2.17 bits per heavy atom. The molecule has 1 rings (SSSR count). The first kappa shape index (κ1) is 39.5. The molecule has 16 heteroatoms. The topological polar surface area (TPSA) is 213 Å². The summed E-state index contributed by atoms with van der Waals surface area (Å²) in [6.07, 6.45) is -1.14. The minimum Gasteiger partial charge on any atom is -0.460 e. The average molecular weight is 649 g/mol. The van der Waals surface area contributed by atoms with Crippen molar-refractivity contribution < 1.29 is 38.2 Å². The molecule has 0 aromatic heterocycles. The van der Waals surface area contributed by atoms with Gasteiger partial charge in [0.05, 0.1) is 0 Å². The number of hydrazine groups is 1. The number of ether oxygens (including phenoxy) is 3. The molecule has 2 atom stereocenters. The number of likely N-dealkylation sites (N-methyl/N-ethyl adjacent to an activating group) is 1. The fraction of sp³-hybridized carbons (Fsp3) is 0.633. The van der Waals surface area contributed by atoms with Gasteiger partial charge < -0.3 is 30.2 Å². The van der Waals surface area contributed by atoms with Crippen LogP contribution in [0, 0.1) is 0 Å². The molecule has 0 aliphatic rings. The van der Waals surface area contributed by atoms with Gasteiger partial charge in [0.2, 0.25) is 11.8 Å². The van der Waals surface area contributed by atoms with Crippen molar-refractivity contribution in [3.05, 3.63) is 46.3 Å². The fourth-order valence-corrected chi connectivity index (χ4v) is 3.81. The number of carbonyl (C=O) groups excluding carboxylic acids is 5. The van der Waals surface area contributed by atoms with Gasteiger partial charge in [0.25, 0.3) is 0 Å². The maximum atomic E-state index is 13.3. The summed E-state index contributed by atoms with van der Waals surface area (Å²) in [6.45, 7) is 10.2. The molecule has 256 valence electrons. The van der Waals surface area contributed by atoms with E-state index in [2.05, 4.69) is 31.4 Å². The predicted octanol–water partition coefficient (Wildman–Crippen LogP) is 3.47. The number of hydrogen-bond donors (Lipinski definition) is 4. The summed E-state index contributed by atoms with van der Waals surface area (Å²) >= 11 is 0. The number of amides is 4. The van der Waals surface area contributed by atoms with E-state index in [9.17, 15) is 24.0 Å². The lowest BCUT2D eigenvalue weighted by Crippen LogP contribution is -2.52. The van der Waals surface area contributed by atoms with Crippen molar-refractivity contribution in [3.8, 4) is 0 Å². The van der Waals surface area contributed by atoms with Crippen LogP contribution in [-0.2, 0) is 35.2 Å². The number of esters is 1. The van der Waals surface area contributed by atoms with Crippen LogP contribution in [0.5, 0.6) is 0 Å². The number of alkyl carbamates (subject to hydrolysis) is 2. The van der Waals surface area contributed by atoms with Crippen LogP contribution in [0.1, 0.15) is 72.8 Å². The summed E-state index contributed by atoms with van der Waals surface area (Å²) in [6, 6.07) is 7.26. The third-order valence-electron chi connectivity index (χ3n) is 5.69. The molecule has 0 saturated carbocycles. The Labute approximate surface area is 269 Å². The maximum absolute atomic E-state index is 13.3. The highest BCUT2D eigenvalue weighted by atomic mass is 16.6. The van der Waals surface area contributed by atoms with Crippen LogP contribution < -0.4 is 21.4 Å². The van der Waals surface area contributed by atoms with Crippen molar-refractivity contribution in [3.63, 3.8) is 0 Å². The molecule has 0 bridgehead atoms. The number of benzene rings is 1. The highest BCUT2D eigenvalue weighted by molar-refractivity contribution is 5.86. The maximum Gasteiger partial charge on any atom is 0.408 e. The van der Waals surface area contributed by atoms with Gasteiger partial charge in [0.15, 0.2) is 0 Å². The summed E-state index contributed by atoms with van der Waals surface area (Å²) in [5.74, 6) is -1.69. The molecule has 1 aromatic rings. The number of hydrogen-bond acceptors (Lipinski definition) is 10. The SMILES string of the molecule is CN(CC(=O)OCc1ccccc1)NC(=O)C[C@H](CCN=[N+]=[N-])NC(=O)[C@H](CCCNC(=O)OC(C)(C)C)NC(=O)OC(C)(C)C. The van der Waals surface area contributed by atoms with Crippen molar-refractivity contribution in [1.29, 1.82) is 0 Å². The lowest BCUT2D eigenvalue weighted by atomic mass is 10.1. The van der Waals surface area contributed by atoms with Gasteiger partial charge >= 0.3 is 18.2 Å². The van der Waals surface area contributed by atoms with Gasteiger partial charge in [-0.1, -0.05) is 35.4 Å². The van der Waals surface area contributed by atoms with Gasteiger partial charge in [-0.15, -0.1) is 0 Å². The van der Waals surface area contributed by atoms with Crippen molar-refractivity contribution in [2.45, 2.75) is 97.1 Å². The van der Waals surface area contributed by atoms with E-state index >= 15 is 0 Å².